The second-order valence-electron chi connectivity index (χ2n) is 3.96. The van der Waals surface area contributed by atoms with Gasteiger partial charge in [0, 0.05) is 5.54 Å². The predicted octanol–water partition coefficient (Wildman–Crippen LogP) is 3.54. The summed E-state index contributed by atoms with van der Waals surface area (Å²) in [5.74, 6) is -0.337. The van der Waals surface area contributed by atoms with E-state index in [0.29, 0.717) is 12.0 Å². The van der Waals surface area contributed by atoms with Crippen LogP contribution in [0, 0.1) is 5.82 Å². The van der Waals surface area contributed by atoms with E-state index in [2.05, 4.69) is 0 Å². The Labute approximate surface area is 95.4 Å². The number of benzene rings is 1. The van der Waals surface area contributed by atoms with Crippen LogP contribution >= 0.6 is 11.6 Å². The molecule has 0 atom stereocenters. The zero-order valence-corrected chi connectivity index (χ0v) is 9.94. The third-order valence-corrected chi connectivity index (χ3v) is 3.27. The van der Waals surface area contributed by atoms with Gasteiger partial charge in [0.05, 0.1) is 5.02 Å². The molecule has 15 heavy (non-hydrogen) atoms. The number of rotatable bonds is 4. The molecule has 0 aliphatic carbocycles. The minimum atomic E-state index is -0.337. The van der Waals surface area contributed by atoms with Crippen LogP contribution in [0.4, 0.5) is 4.39 Å². The molecule has 0 saturated carbocycles. The van der Waals surface area contributed by atoms with E-state index >= 15 is 0 Å². The molecule has 1 aromatic carbocycles. The summed E-state index contributed by atoms with van der Waals surface area (Å²) in [6, 6.07) is 5.05. The Kier molecular flexibility index (Phi) is 4.12. The molecule has 0 fully saturated rings. The Hall–Kier alpha value is -0.600. The molecule has 3 heteroatoms. The van der Waals surface area contributed by atoms with Crippen molar-refractivity contribution < 1.29 is 4.39 Å². The molecule has 0 heterocycles. The minimum absolute atomic E-state index is 0.169. The fraction of sp³-hybridized carbons (Fsp3) is 0.500. The normalized spacial score (nSPS) is 11.8. The maximum atomic E-state index is 13.6. The van der Waals surface area contributed by atoms with E-state index < -0.39 is 0 Å². The second kappa shape index (κ2) is 4.95. The van der Waals surface area contributed by atoms with Gasteiger partial charge in [0.15, 0.2) is 0 Å². The molecule has 0 radical (unpaired) electrons. The predicted molar refractivity (Wildman–Crippen MR) is 62.6 cm³/mol. The van der Waals surface area contributed by atoms with E-state index in [1.807, 2.05) is 13.8 Å². The zero-order valence-electron chi connectivity index (χ0n) is 9.19. The first kappa shape index (κ1) is 12.5. The second-order valence-corrected chi connectivity index (χ2v) is 4.37. The fourth-order valence-corrected chi connectivity index (χ4v) is 1.76. The Morgan fingerprint density at radius 1 is 1.33 bits per heavy atom. The first-order valence-corrected chi connectivity index (χ1v) is 5.62. The summed E-state index contributed by atoms with van der Waals surface area (Å²) in [7, 11) is 0. The van der Waals surface area contributed by atoms with Crippen molar-refractivity contribution in [1.82, 2.24) is 0 Å². The topological polar surface area (TPSA) is 26.0 Å². The van der Waals surface area contributed by atoms with Gasteiger partial charge < -0.3 is 5.73 Å². The molecule has 0 aliphatic rings. The van der Waals surface area contributed by atoms with Crippen molar-refractivity contribution in [1.29, 1.82) is 0 Å². The number of nitrogens with two attached hydrogens (primary N) is 1. The highest BCUT2D eigenvalue weighted by Gasteiger charge is 2.22. The van der Waals surface area contributed by atoms with Gasteiger partial charge in [0.2, 0.25) is 0 Å². The zero-order chi connectivity index (χ0) is 11.5. The van der Waals surface area contributed by atoms with E-state index in [1.54, 1.807) is 18.2 Å². The Morgan fingerprint density at radius 3 is 2.47 bits per heavy atom. The average Bonchev–Trinajstić information content (AvgIpc) is 2.25. The highest BCUT2D eigenvalue weighted by Crippen LogP contribution is 2.24. The molecule has 0 unspecified atom stereocenters. The molecular formula is C12H17ClFN. The van der Waals surface area contributed by atoms with Crippen molar-refractivity contribution in [2.75, 3.05) is 0 Å². The lowest BCUT2D eigenvalue weighted by Crippen LogP contribution is -2.40. The Balaban J connectivity index is 2.94. The third kappa shape index (κ3) is 2.93. The lowest BCUT2D eigenvalue weighted by atomic mass is 9.87. The summed E-state index contributed by atoms with van der Waals surface area (Å²) in [6.45, 7) is 4.04. The van der Waals surface area contributed by atoms with Crippen LogP contribution in [0.25, 0.3) is 0 Å². The molecule has 1 nitrogen and oxygen atoms in total. The van der Waals surface area contributed by atoms with Crippen LogP contribution in [-0.4, -0.2) is 5.54 Å². The molecule has 0 bridgehead atoms. The fourth-order valence-electron chi connectivity index (χ4n) is 1.56. The summed E-state index contributed by atoms with van der Waals surface area (Å²) in [5.41, 5.74) is 6.42. The van der Waals surface area contributed by atoms with E-state index in [0.717, 1.165) is 12.8 Å². The van der Waals surface area contributed by atoms with Gasteiger partial charge in [-0.15, -0.1) is 0 Å². The van der Waals surface area contributed by atoms with E-state index in [9.17, 15) is 4.39 Å². The van der Waals surface area contributed by atoms with Gasteiger partial charge in [-0.1, -0.05) is 37.6 Å². The SMILES string of the molecule is CCC(N)(CC)Cc1cccc(Cl)c1F. The quantitative estimate of drug-likeness (QED) is 0.840. The highest BCUT2D eigenvalue weighted by atomic mass is 35.5. The van der Waals surface area contributed by atoms with Gasteiger partial charge in [-0.05, 0) is 30.9 Å². The molecule has 1 aromatic rings. The molecule has 0 amide bonds. The van der Waals surface area contributed by atoms with Crippen LogP contribution < -0.4 is 5.73 Å². The summed E-state index contributed by atoms with van der Waals surface area (Å²) >= 11 is 5.71. The molecule has 0 saturated heterocycles. The summed E-state index contributed by atoms with van der Waals surface area (Å²) in [5, 5.41) is 0.169. The van der Waals surface area contributed by atoms with Gasteiger partial charge in [0.1, 0.15) is 5.82 Å². The number of hydrogen-bond acceptors (Lipinski definition) is 1. The van der Waals surface area contributed by atoms with E-state index in [-0.39, 0.29) is 16.4 Å². The van der Waals surface area contributed by atoms with Crippen molar-refractivity contribution in [3.8, 4) is 0 Å². The van der Waals surface area contributed by atoms with Gasteiger partial charge in [-0.2, -0.15) is 0 Å². The first-order valence-electron chi connectivity index (χ1n) is 5.24. The molecule has 0 spiro atoms. The molecule has 0 aromatic heterocycles. The van der Waals surface area contributed by atoms with Crippen molar-refractivity contribution in [2.45, 2.75) is 38.6 Å². The van der Waals surface area contributed by atoms with Crippen molar-refractivity contribution in [3.05, 3.63) is 34.6 Å². The van der Waals surface area contributed by atoms with Crippen LogP contribution in [0.2, 0.25) is 5.02 Å². The maximum absolute atomic E-state index is 13.6. The molecule has 84 valence electrons. The van der Waals surface area contributed by atoms with E-state index in [4.69, 9.17) is 17.3 Å². The van der Waals surface area contributed by atoms with E-state index in [1.165, 1.54) is 0 Å². The molecular weight excluding hydrogens is 213 g/mol. The smallest absolute Gasteiger partial charge is 0.145 e. The summed E-state index contributed by atoms with van der Waals surface area (Å²) < 4.78 is 13.6. The molecule has 2 N–H and O–H groups in total. The number of halogens is 2. The highest BCUT2D eigenvalue weighted by molar-refractivity contribution is 6.30. The van der Waals surface area contributed by atoms with Gasteiger partial charge in [-0.25, -0.2) is 4.39 Å². The Bertz CT molecular complexity index is 334. The number of hydrogen-bond donors (Lipinski definition) is 1. The maximum Gasteiger partial charge on any atom is 0.145 e. The van der Waals surface area contributed by atoms with Crippen LogP contribution in [0.3, 0.4) is 0 Å². The Morgan fingerprint density at radius 2 is 1.93 bits per heavy atom. The van der Waals surface area contributed by atoms with Crippen LogP contribution in [0.5, 0.6) is 0 Å². The van der Waals surface area contributed by atoms with Crippen LogP contribution in [0.1, 0.15) is 32.3 Å². The first-order chi connectivity index (χ1) is 7.02. The lowest BCUT2D eigenvalue weighted by Gasteiger charge is -2.27. The minimum Gasteiger partial charge on any atom is -0.325 e. The largest absolute Gasteiger partial charge is 0.325 e. The molecule has 1 rings (SSSR count). The van der Waals surface area contributed by atoms with Crippen LogP contribution in [0.15, 0.2) is 18.2 Å². The monoisotopic (exact) mass is 229 g/mol. The van der Waals surface area contributed by atoms with Crippen molar-refractivity contribution in [3.63, 3.8) is 0 Å². The van der Waals surface area contributed by atoms with Gasteiger partial charge in [0.25, 0.3) is 0 Å². The van der Waals surface area contributed by atoms with Gasteiger partial charge >= 0.3 is 0 Å². The van der Waals surface area contributed by atoms with Crippen LogP contribution in [-0.2, 0) is 6.42 Å². The third-order valence-electron chi connectivity index (χ3n) is 2.98. The summed E-state index contributed by atoms with van der Waals surface area (Å²) in [6.07, 6.45) is 2.19. The summed E-state index contributed by atoms with van der Waals surface area (Å²) in [4.78, 5) is 0. The average molecular weight is 230 g/mol. The lowest BCUT2D eigenvalue weighted by molar-refractivity contribution is 0.387. The standard InChI is InChI=1S/C12H17ClFN/c1-3-12(15,4-2)8-9-6-5-7-10(13)11(9)14/h5-7H,3-4,8,15H2,1-2H3. The molecule has 0 aliphatic heterocycles. The van der Waals surface area contributed by atoms with Crippen molar-refractivity contribution >= 4 is 11.6 Å². The van der Waals surface area contributed by atoms with Crippen molar-refractivity contribution in [2.24, 2.45) is 5.73 Å². The van der Waals surface area contributed by atoms with Gasteiger partial charge in [-0.3, -0.25) is 0 Å².